The van der Waals surface area contributed by atoms with E-state index in [1.54, 1.807) is 0 Å². The van der Waals surface area contributed by atoms with Gasteiger partial charge in [0.05, 0.1) is 0 Å². The van der Waals surface area contributed by atoms with Gasteiger partial charge in [0.1, 0.15) is 0 Å². The Labute approximate surface area is 42.6 Å². The average molecular weight is 184 g/mol. The summed E-state index contributed by atoms with van der Waals surface area (Å²) in [7, 11) is 7.39. The first kappa shape index (κ1) is 6.89. The number of halogens is 5. The second kappa shape index (κ2) is 1.19. The molecular weight excluding hydrogens is 184 g/mol. The van der Waals surface area contributed by atoms with Crippen LogP contribution in [0.2, 0.25) is 0 Å². The van der Waals surface area contributed by atoms with Gasteiger partial charge in [-0.15, -0.1) is 0 Å². The Balaban J connectivity index is 3.73. The fourth-order valence-corrected chi connectivity index (χ4v) is 0. The topological polar surface area (TPSA) is 0 Å². The first-order valence-corrected chi connectivity index (χ1v) is 4.96. The molecule has 0 heterocycles. The fourth-order valence-electron chi connectivity index (χ4n) is 0. The van der Waals surface area contributed by atoms with Crippen LogP contribution < -0.4 is 0 Å². The minimum absolute atomic E-state index is 3.69. The van der Waals surface area contributed by atoms with E-state index in [0.717, 1.165) is 0 Å². The van der Waals surface area contributed by atoms with Gasteiger partial charge in [-0.25, -0.2) is 0 Å². The molecule has 0 unspecified atom stereocenters. The molecule has 0 aliphatic rings. The van der Waals surface area contributed by atoms with Crippen molar-refractivity contribution in [1.29, 1.82) is 0 Å². The Morgan fingerprint density at radius 2 is 1.00 bits per heavy atom. The van der Waals surface area contributed by atoms with Crippen LogP contribution >= 0.6 is 20.2 Å². The van der Waals surface area contributed by atoms with E-state index in [2.05, 4.69) is 20.2 Å². The summed E-state index contributed by atoms with van der Waals surface area (Å²) < 4.78 is 32.1. The number of hydrogen-bond donors (Lipinski definition) is 0. The van der Waals surface area contributed by atoms with Crippen LogP contribution in [0.1, 0.15) is 0 Å². The van der Waals surface area contributed by atoms with Crippen molar-refractivity contribution in [3.05, 3.63) is 0 Å². The third-order valence-corrected chi connectivity index (χ3v) is 0. The van der Waals surface area contributed by atoms with Gasteiger partial charge in [-0.05, 0) is 0 Å². The van der Waals surface area contributed by atoms with Crippen molar-refractivity contribution < 1.29 is 22.0 Å². The van der Waals surface area contributed by atoms with Gasteiger partial charge in [-0.2, -0.15) is 0 Å². The summed E-state index contributed by atoms with van der Waals surface area (Å²) in [5.41, 5.74) is 0. The average Bonchev–Trinajstić information content (AvgIpc) is 0.650. The van der Waals surface area contributed by atoms with E-state index >= 15 is 0 Å². The monoisotopic (exact) mass is 183 g/mol. The molecule has 0 nitrogen and oxygen atoms in total. The van der Waals surface area contributed by atoms with Gasteiger partial charge in [0.2, 0.25) is 0 Å². The molecule has 0 saturated carbocycles. The Kier molecular flexibility index (Phi) is 1.36. The van der Waals surface area contributed by atoms with Gasteiger partial charge in [-0.1, -0.05) is 0 Å². The van der Waals surface area contributed by atoms with Crippen molar-refractivity contribution in [1.82, 2.24) is 0 Å². The fraction of sp³-hybridized carbons (Fsp3) is 0. The molecule has 0 rings (SSSR count). The van der Waals surface area contributed by atoms with Crippen LogP contribution in [-0.2, 0) is 11.3 Å². The van der Waals surface area contributed by atoms with Crippen molar-refractivity contribution in [2.75, 3.05) is 0 Å². The van der Waals surface area contributed by atoms with Crippen LogP contribution in [0.3, 0.4) is 0 Å². The standard InChI is InChI=1S/2ClH.3FH.Fe/h5*1H;/q;;;;;+5/p-5. The Hall–Kier alpha value is 0.889. The van der Waals surface area contributed by atoms with E-state index in [0.29, 0.717) is 0 Å². The molecule has 0 bridgehead atoms. The molecule has 0 saturated heterocycles. The number of hydrogen-bond acceptors (Lipinski definition) is 0. The first-order chi connectivity index (χ1) is 2.24. The second-order valence-electron chi connectivity index (χ2n) is 0.505. The number of rotatable bonds is 0. The van der Waals surface area contributed by atoms with Crippen molar-refractivity contribution in [2.45, 2.75) is 0 Å². The van der Waals surface area contributed by atoms with Crippen LogP contribution in [-0.4, -0.2) is 0 Å². The summed E-state index contributed by atoms with van der Waals surface area (Å²) in [6.45, 7) is 0. The summed E-state index contributed by atoms with van der Waals surface area (Å²) >= 11 is -6.71. The molecule has 0 aliphatic carbocycles. The molecule has 0 atom stereocenters. The zero-order chi connectivity index (χ0) is 5.45. The molecule has 43 valence electrons. The Morgan fingerprint density at radius 1 is 1.00 bits per heavy atom. The van der Waals surface area contributed by atoms with E-state index < -0.39 is 11.3 Å². The molecule has 0 amide bonds. The van der Waals surface area contributed by atoms with E-state index in [4.69, 9.17) is 0 Å². The predicted molar refractivity (Wildman–Crippen MR) is 15.0 cm³/mol. The van der Waals surface area contributed by atoms with E-state index in [1.165, 1.54) is 0 Å². The zero-order valence-electron chi connectivity index (χ0n) is 2.24. The third-order valence-electron chi connectivity index (χ3n) is 0. The van der Waals surface area contributed by atoms with Crippen LogP contribution in [0.15, 0.2) is 0 Å². The molecule has 6 heavy (non-hydrogen) atoms. The van der Waals surface area contributed by atoms with E-state index in [9.17, 15) is 10.7 Å². The molecule has 6 heteroatoms. The van der Waals surface area contributed by atoms with Gasteiger partial charge in [0.25, 0.3) is 0 Å². The van der Waals surface area contributed by atoms with Gasteiger partial charge < -0.3 is 0 Å². The quantitative estimate of drug-likeness (QED) is 0.507. The van der Waals surface area contributed by atoms with Crippen molar-refractivity contribution in [3.63, 3.8) is 0 Å². The van der Waals surface area contributed by atoms with Crippen LogP contribution in [0.4, 0.5) is 10.7 Å². The van der Waals surface area contributed by atoms with Gasteiger partial charge in [-0.3, -0.25) is 0 Å². The van der Waals surface area contributed by atoms with Gasteiger partial charge in [0.15, 0.2) is 0 Å². The summed E-state index contributed by atoms with van der Waals surface area (Å²) in [6.07, 6.45) is 0. The van der Waals surface area contributed by atoms with Gasteiger partial charge >= 0.3 is 42.2 Å². The molecule has 0 radical (unpaired) electrons. The molecule has 0 aliphatic heterocycles. The van der Waals surface area contributed by atoms with Crippen molar-refractivity contribution in [3.8, 4) is 0 Å². The molecule has 0 aromatic rings. The SMILES string of the molecule is [F][Fe]([F])([F])([Cl])[Cl]. The summed E-state index contributed by atoms with van der Waals surface area (Å²) in [5, 5.41) is 0. The second-order valence-corrected chi connectivity index (χ2v) is 6.25. The van der Waals surface area contributed by atoms with Crippen LogP contribution in [0.5, 0.6) is 0 Å². The summed E-state index contributed by atoms with van der Waals surface area (Å²) in [6, 6.07) is 0. The molecular formula is Cl2F3Fe. The molecule has 0 spiro atoms. The predicted octanol–water partition coefficient (Wildman–Crippen LogP) is 2.64. The maximum absolute atomic E-state index is 10.7. The molecule has 0 N–H and O–H groups in total. The maximum atomic E-state index is 10.7. The van der Waals surface area contributed by atoms with Crippen molar-refractivity contribution >= 4 is 20.2 Å². The minimum atomic E-state index is -6.71. The first-order valence-electron chi connectivity index (χ1n) is 0.668. The summed E-state index contributed by atoms with van der Waals surface area (Å²) in [4.78, 5) is 0. The Bertz CT molecular complexity index is 42.0. The molecule has 0 aromatic heterocycles. The summed E-state index contributed by atoms with van der Waals surface area (Å²) in [5.74, 6) is 0. The normalized spacial score (nSPS) is 19.2. The third kappa shape index (κ3) is 93.5. The van der Waals surface area contributed by atoms with Gasteiger partial charge in [0, 0.05) is 0 Å². The molecule has 0 aromatic carbocycles. The Morgan fingerprint density at radius 3 is 1.00 bits per heavy atom. The molecule has 0 fully saturated rings. The zero-order valence-corrected chi connectivity index (χ0v) is 4.86. The van der Waals surface area contributed by atoms with Crippen LogP contribution in [0, 0.1) is 0 Å². The van der Waals surface area contributed by atoms with E-state index in [1.807, 2.05) is 0 Å². The van der Waals surface area contributed by atoms with E-state index in [-0.39, 0.29) is 0 Å². The van der Waals surface area contributed by atoms with Crippen molar-refractivity contribution in [2.24, 2.45) is 0 Å². The van der Waals surface area contributed by atoms with Crippen LogP contribution in [0.25, 0.3) is 0 Å².